The molecule has 3 amide bonds. The molecule has 1 N–H and O–H groups in total. The number of anilines is 2. The maximum atomic E-state index is 14.0. The van der Waals surface area contributed by atoms with E-state index in [0.717, 1.165) is 33.4 Å². The van der Waals surface area contributed by atoms with Crippen LogP contribution in [0.4, 0.5) is 11.4 Å². The van der Waals surface area contributed by atoms with Crippen molar-refractivity contribution in [1.82, 2.24) is 0 Å². The van der Waals surface area contributed by atoms with Gasteiger partial charge in [-0.1, -0.05) is 60.7 Å². The van der Waals surface area contributed by atoms with Crippen molar-refractivity contribution in [2.24, 2.45) is 11.8 Å². The van der Waals surface area contributed by atoms with Gasteiger partial charge in [0, 0.05) is 23.1 Å². The summed E-state index contributed by atoms with van der Waals surface area (Å²) in [7, 11) is 0. The number of imide groups is 1. The summed E-state index contributed by atoms with van der Waals surface area (Å²) in [4.78, 5) is 42.4. The highest BCUT2D eigenvalue weighted by Crippen LogP contribution is 2.61. The van der Waals surface area contributed by atoms with Crippen molar-refractivity contribution in [3.05, 3.63) is 130 Å². The zero-order valence-electron chi connectivity index (χ0n) is 21.1. The first-order chi connectivity index (χ1) is 18.4. The smallest absolute Gasteiger partial charge is 0.255 e. The second-order valence-electron chi connectivity index (χ2n) is 10.6. The standard InChI is InChI=1S/C33H26N2O3/c1-18-14-15-21(16-19(18)2)34-31(36)20-8-7-9-22(17-20)35-32(37)29-27-23-10-3-4-11-24(23)28(30(29)33(35)38)26-13-6-5-12-25(26)27/h3-17,27-30H,1-2H3,(H,34,36)/t27?,28?,29-,30+. The number of benzene rings is 4. The fraction of sp³-hybridized carbons (Fsp3) is 0.182. The average molecular weight is 499 g/mol. The second-order valence-corrected chi connectivity index (χ2v) is 10.6. The Bertz CT molecular complexity index is 1560. The first-order valence-electron chi connectivity index (χ1n) is 13.0. The fourth-order valence-corrected chi connectivity index (χ4v) is 6.74. The number of aryl methyl sites for hydroxylation is 2. The van der Waals surface area contributed by atoms with E-state index in [1.807, 2.05) is 56.3 Å². The molecule has 3 aliphatic carbocycles. The van der Waals surface area contributed by atoms with Gasteiger partial charge in [0.15, 0.2) is 0 Å². The molecular formula is C33H26N2O3. The van der Waals surface area contributed by atoms with Gasteiger partial charge in [0.1, 0.15) is 0 Å². The second kappa shape index (κ2) is 8.25. The van der Waals surface area contributed by atoms with Gasteiger partial charge in [0.05, 0.1) is 17.5 Å². The van der Waals surface area contributed by atoms with Gasteiger partial charge in [-0.25, -0.2) is 4.90 Å². The fourth-order valence-electron chi connectivity index (χ4n) is 6.74. The molecule has 8 rings (SSSR count). The third-order valence-corrected chi connectivity index (χ3v) is 8.58. The quantitative estimate of drug-likeness (QED) is 0.355. The summed E-state index contributed by atoms with van der Waals surface area (Å²) in [5, 5.41) is 2.94. The average Bonchev–Trinajstić information content (AvgIpc) is 3.21. The molecule has 1 aliphatic heterocycles. The molecule has 0 radical (unpaired) electrons. The first-order valence-corrected chi connectivity index (χ1v) is 13.0. The molecule has 0 aromatic heterocycles. The van der Waals surface area contributed by atoms with E-state index in [2.05, 4.69) is 29.6 Å². The van der Waals surface area contributed by atoms with E-state index in [1.54, 1.807) is 24.3 Å². The maximum absolute atomic E-state index is 14.0. The molecular weight excluding hydrogens is 472 g/mol. The molecule has 4 aromatic rings. The number of carbonyl (C=O) groups excluding carboxylic acids is 3. The SMILES string of the molecule is Cc1ccc(NC(=O)c2cccc(N3C(=O)[C@@H]4C5c6ccccc6C(c6ccccc65)[C@@H]4C3=O)c2)cc1C. The third-order valence-electron chi connectivity index (χ3n) is 8.58. The van der Waals surface area contributed by atoms with Crippen LogP contribution in [0, 0.1) is 25.7 Å². The molecule has 0 saturated carbocycles. The van der Waals surface area contributed by atoms with Crippen LogP contribution in [-0.4, -0.2) is 17.7 Å². The Morgan fingerprint density at radius 1 is 0.658 bits per heavy atom. The Labute approximate surface area is 221 Å². The minimum atomic E-state index is -0.453. The van der Waals surface area contributed by atoms with E-state index in [0.29, 0.717) is 16.9 Å². The summed E-state index contributed by atoms with van der Waals surface area (Å²) < 4.78 is 0. The van der Waals surface area contributed by atoms with E-state index in [4.69, 9.17) is 0 Å². The number of nitrogens with zero attached hydrogens (tertiary/aromatic N) is 1. The molecule has 4 aromatic carbocycles. The molecule has 1 fully saturated rings. The van der Waals surface area contributed by atoms with E-state index >= 15 is 0 Å². The Morgan fingerprint density at radius 2 is 1.21 bits per heavy atom. The number of hydrogen-bond donors (Lipinski definition) is 1. The van der Waals surface area contributed by atoms with Crippen LogP contribution in [0.2, 0.25) is 0 Å². The van der Waals surface area contributed by atoms with Crippen LogP contribution in [0.1, 0.15) is 55.6 Å². The molecule has 38 heavy (non-hydrogen) atoms. The van der Waals surface area contributed by atoms with Crippen molar-refractivity contribution in [3.63, 3.8) is 0 Å². The summed E-state index contributed by atoms with van der Waals surface area (Å²) in [6.07, 6.45) is 0. The Balaban J connectivity index is 1.25. The van der Waals surface area contributed by atoms with Gasteiger partial charge in [0.25, 0.3) is 5.91 Å². The van der Waals surface area contributed by atoms with Crippen LogP contribution in [0.15, 0.2) is 91.0 Å². The van der Waals surface area contributed by atoms with Gasteiger partial charge in [-0.2, -0.15) is 0 Å². The van der Waals surface area contributed by atoms with Gasteiger partial charge in [-0.15, -0.1) is 0 Å². The lowest BCUT2D eigenvalue weighted by Crippen LogP contribution is -2.41. The van der Waals surface area contributed by atoms with E-state index in [-0.39, 0.29) is 29.6 Å². The van der Waals surface area contributed by atoms with Crippen molar-refractivity contribution in [1.29, 1.82) is 0 Å². The molecule has 1 saturated heterocycles. The van der Waals surface area contributed by atoms with E-state index < -0.39 is 11.8 Å². The normalized spacial score (nSPS) is 22.6. The van der Waals surface area contributed by atoms with Crippen LogP contribution in [0.5, 0.6) is 0 Å². The molecule has 0 unspecified atom stereocenters. The zero-order valence-corrected chi connectivity index (χ0v) is 21.1. The zero-order chi connectivity index (χ0) is 26.1. The van der Waals surface area contributed by atoms with Crippen molar-refractivity contribution in [2.75, 3.05) is 10.2 Å². The molecule has 2 atom stereocenters. The third kappa shape index (κ3) is 3.14. The van der Waals surface area contributed by atoms with Crippen LogP contribution in [0.3, 0.4) is 0 Å². The summed E-state index contributed by atoms with van der Waals surface area (Å²) >= 11 is 0. The first kappa shape index (κ1) is 22.7. The number of carbonyl (C=O) groups is 3. The maximum Gasteiger partial charge on any atom is 0.255 e. The van der Waals surface area contributed by atoms with Crippen molar-refractivity contribution in [2.45, 2.75) is 25.7 Å². The highest BCUT2D eigenvalue weighted by Gasteiger charge is 2.61. The van der Waals surface area contributed by atoms with E-state index in [9.17, 15) is 14.4 Å². The lowest BCUT2D eigenvalue weighted by Gasteiger charge is -2.45. The molecule has 5 heteroatoms. The molecule has 186 valence electrons. The molecule has 1 heterocycles. The summed E-state index contributed by atoms with van der Waals surface area (Å²) in [6, 6.07) is 29.0. The van der Waals surface area contributed by atoms with E-state index in [1.165, 1.54) is 4.90 Å². The Kier molecular flexibility index (Phi) is 4.92. The van der Waals surface area contributed by atoms with Gasteiger partial charge in [-0.05, 0) is 77.6 Å². The predicted octanol–water partition coefficient (Wildman–Crippen LogP) is 5.95. The van der Waals surface area contributed by atoms with Crippen LogP contribution in [-0.2, 0) is 9.59 Å². The lowest BCUT2D eigenvalue weighted by atomic mass is 9.55. The minimum absolute atomic E-state index is 0.157. The van der Waals surface area contributed by atoms with Gasteiger partial charge >= 0.3 is 0 Å². The highest BCUT2D eigenvalue weighted by atomic mass is 16.2. The topological polar surface area (TPSA) is 66.5 Å². The molecule has 5 nitrogen and oxygen atoms in total. The van der Waals surface area contributed by atoms with Gasteiger partial charge in [-0.3, -0.25) is 14.4 Å². The highest BCUT2D eigenvalue weighted by molar-refractivity contribution is 6.23. The minimum Gasteiger partial charge on any atom is -0.322 e. The summed E-state index contributed by atoms with van der Waals surface area (Å²) in [5.41, 5.74) is 8.34. The molecule has 4 aliphatic rings. The number of rotatable bonds is 3. The predicted molar refractivity (Wildman–Crippen MR) is 146 cm³/mol. The van der Waals surface area contributed by atoms with Crippen LogP contribution < -0.4 is 10.2 Å². The van der Waals surface area contributed by atoms with Crippen molar-refractivity contribution < 1.29 is 14.4 Å². The Morgan fingerprint density at radius 3 is 1.74 bits per heavy atom. The van der Waals surface area contributed by atoms with Gasteiger partial charge in [0.2, 0.25) is 11.8 Å². The lowest BCUT2D eigenvalue weighted by molar-refractivity contribution is -0.122. The van der Waals surface area contributed by atoms with Crippen LogP contribution >= 0.6 is 0 Å². The van der Waals surface area contributed by atoms with Crippen molar-refractivity contribution >= 4 is 29.1 Å². The summed E-state index contributed by atoms with van der Waals surface area (Å²) in [5.74, 6) is -1.89. The van der Waals surface area contributed by atoms with Crippen molar-refractivity contribution in [3.8, 4) is 0 Å². The number of nitrogens with one attached hydrogen (secondary N) is 1. The number of amides is 3. The summed E-state index contributed by atoms with van der Waals surface area (Å²) in [6.45, 7) is 4.02. The van der Waals surface area contributed by atoms with Crippen LogP contribution in [0.25, 0.3) is 0 Å². The molecule has 0 spiro atoms. The number of hydrogen-bond acceptors (Lipinski definition) is 3. The monoisotopic (exact) mass is 498 g/mol. The Hall–Kier alpha value is -4.51. The van der Waals surface area contributed by atoms with Gasteiger partial charge < -0.3 is 5.32 Å². The largest absolute Gasteiger partial charge is 0.322 e. The molecule has 2 bridgehead atoms.